The summed E-state index contributed by atoms with van der Waals surface area (Å²) < 4.78 is 11.0. The molecule has 0 aliphatic heterocycles. The van der Waals surface area contributed by atoms with Crippen molar-refractivity contribution >= 4 is 33.2 Å². The summed E-state index contributed by atoms with van der Waals surface area (Å²) in [6, 6.07) is 3.94. The third-order valence-corrected chi connectivity index (χ3v) is 2.99. The van der Waals surface area contributed by atoms with Gasteiger partial charge in [-0.15, -0.1) is 4.98 Å². The first-order chi connectivity index (χ1) is 9.99. The number of hydrogen-bond donors (Lipinski definition) is 0. The fraction of sp³-hybridized carbons (Fsp3) is 0.182. The number of benzene rings is 1. The third-order valence-electron chi connectivity index (χ3n) is 2.17. The zero-order valence-corrected chi connectivity index (χ0v) is 13.0. The SMILES string of the molecule is CCOc1nc(Cl)nc(Oc2cc([N+](=O)[O-])ccc2Br)n1. The van der Waals surface area contributed by atoms with Crippen LogP contribution in [0, 0.1) is 10.1 Å². The average molecular weight is 376 g/mol. The van der Waals surface area contributed by atoms with Crippen LogP contribution in [0.5, 0.6) is 17.8 Å². The van der Waals surface area contributed by atoms with Crippen LogP contribution < -0.4 is 9.47 Å². The molecule has 1 aromatic carbocycles. The van der Waals surface area contributed by atoms with Crippen LogP contribution in [0.3, 0.4) is 0 Å². The van der Waals surface area contributed by atoms with Gasteiger partial charge >= 0.3 is 12.0 Å². The zero-order chi connectivity index (χ0) is 15.4. The molecule has 0 aliphatic carbocycles. The number of aromatic nitrogens is 3. The second-order valence-electron chi connectivity index (χ2n) is 3.58. The van der Waals surface area contributed by atoms with Gasteiger partial charge in [0, 0.05) is 6.07 Å². The van der Waals surface area contributed by atoms with Gasteiger partial charge < -0.3 is 9.47 Å². The molecule has 0 amide bonds. The second-order valence-corrected chi connectivity index (χ2v) is 4.77. The maximum Gasteiger partial charge on any atom is 0.329 e. The average Bonchev–Trinajstić information content (AvgIpc) is 2.40. The number of nitrogens with zero attached hydrogens (tertiary/aromatic N) is 4. The molecule has 1 heterocycles. The normalized spacial score (nSPS) is 10.2. The first kappa shape index (κ1) is 15.4. The van der Waals surface area contributed by atoms with Crippen LogP contribution in [0.4, 0.5) is 5.69 Å². The van der Waals surface area contributed by atoms with Crippen molar-refractivity contribution in [3.05, 3.63) is 38.1 Å². The lowest BCUT2D eigenvalue weighted by Gasteiger charge is -2.07. The van der Waals surface area contributed by atoms with Gasteiger partial charge in [-0.25, -0.2) is 0 Å². The van der Waals surface area contributed by atoms with Gasteiger partial charge in [0.1, 0.15) is 0 Å². The highest BCUT2D eigenvalue weighted by Gasteiger charge is 2.14. The van der Waals surface area contributed by atoms with Gasteiger partial charge in [-0.2, -0.15) is 9.97 Å². The smallest absolute Gasteiger partial charge is 0.329 e. The van der Waals surface area contributed by atoms with Gasteiger partial charge in [0.05, 0.1) is 22.1 Å². The van der Waals surface area contributed by atoms with Gasteiger partial charge in [-0.3, -0.25) is 10.1 Å². The number of rotatable bonds is 5. The number of ether oxygens (including phenoxy) is 2. The van der Waals surface area contributed by atoms with Crippen molar-refractivity contribution in [2.75, 3.05) is 6.61 Å². The maximum absolute atomic E-state index is 10.8. The third kappa shape index (κ3) is 3.99. The van der Waals surface area contributed by atoms with E-state index in [9.17, 15) is 10.1 Å². The lowest BCUT2D eigenvalue weighted by atomic mass is 10.3. The van der Waals surface area contributed by atoms with E-state index in [1.165, 1.54) is 18.2 Å². The number of nitro groups is 1. The second kappa shape index (κ2) is 6.64. The fourth-order valence-electron chi connectivity index (χ4n) is 1.34. The molecule has 2 rings (SSSR count). The van der Waals surface area contributed by atoms with Crippen LogP contribution in [0.15, 0.2) is 22.7 Å². The molecule has 0 spiro atoms. The highest BCUT2D eigenvalue weighted by atomic mass is 79.9. The van der Waals surface area contributed by atoms with Crippen molar-refractivity contribution in [1.82, 2.24) is 15.0 Å². The summed E-state index contributed by atoms with van der Waals surface area (Å²) in [6.45, 7) is 2.11. The molecule has 0 bridgehead atoms. The molecule has 0 saturated heterocycles. The largest absolute Gasteiger partial charge is 0.464 e. The van der Waals surface area contributed by atoms with Crippen LogP contribution in [-0.4, -0.2) is 26.5 Å². The zero-order valence-electron chi connectivity index (χ0n) is 10.6. The van der Waals surface area contributed by atoms with Crippen LogP contribution in [0.25, 0.3) is 0 Å². The quantitative estimate of drug-likeness (QED) is 0.583. The lowest BCUT2D eigenvalue weighted by Crippen LogP contribution is -2.02. The van der Waals surface area contributed by atoms with E-state index in [1.54, 1.807) is 6.92 Å². The van der Waals surface area contributed by atoms with Crippen LogP contribution in [-0.2, 0) is 0 Å². The molecule has 2 aromatic rings. The molecule has 0 aliphatic rings. The summed E-state index contributed by atoms with van der Waals surface area (Å²) in [6.07, 6.45) is 0. The van der Waals surface area contributed by atoms with Crippen molar-refractivity contribution in [3.63, 3.8) is 0 Å². The van der Waals surface area contributed by atoms with Gasteiger partial charge in [0.25, 0.3) is 5.69 Å². The first-order valence-corrected chi connectivity index (χ1v) is 6.83. The Morgan fingerprint density at radius 1 is 1.33 bits per heavy atom. The van der Waals surface area contributed by atoms with Crippen LogP contribution in [0.1, 0.15) is 6.92 Å². The van der Waals surface area contributed by atoms with Crippen LogP contribution in [0.2, 0.25) is 5.28 Å². The summed E-state index contributed by atoms with van der Waals surface area (Å²) in [7, 11) is 0. The molecule has 21 heavy (non-hydrogen) atoms. The Morgan fingerprint density at radius 2 is 2.05 bits per heavy atom. The van der Waals surface area contributed by atoms with E-state index in [2.05, 4.69) is 30.9 Å². The summed E-state index contributed by atoms with van der Waals surface area (Å²) in [4.78, 5) is 21.7. The Balaban J connectivity index is 2.33. The van der Waals surface area contributed by atoms with Crippen molar-refractivity contribution in [1.29, 1.82) is 0 Å². The Morgan fingerprint density at radius 3 is 2.71 bits per heavy atom. The molecule has 10 heteroatoms. The number of hydrogen-bond acceptors (Lipinski definition) is 7. The minimum Gasteiger partial charge on any atom is -0.464 e. The Bertz CT molecular complexity index is 685. The molecule has 0 fully saturated rings. The summed E-state index contributed by atoms with van der Waals surface area (Å²) in [5, 5.41) is 10.7. The molecule has 1 aromatic heterocycles. The Labute approximate surface area is 132 Å². The van der Waals surface area contributed by atoms with E-state index in [0.29, 0.717) is 11.1 Å². The van der Waals surface area contributed by atoms with E-state index in [-0.39, 0.29) is 28.7 Å². The minimum absolute atomic E-state index is 0.00838. The topological polar surface area (TPSA) is 100 Å². The Kier molecular flexibility index (Phi) is 4.86. The monoisotopic (exact) mass is 374 g/mol. The molecule has 0 unspecified atom stereocenters. The molecular formula is C11H8BrClN4O4. The summed E-state index contributed by atoms with van der Waals surface area (Å²) >= 11 is 8.95. The minimum atomic E-state index is -0.536. The standard InChI is InChI=1S/C11H8BrClN4O4/c1-2-20-10-14-9(13)15-11(16-10)21-8-5-6(17(18)19)3-4-7(8)12/h3-5H,2H2,1H3. The van der Waals surface area contributed by atoms with E-state index in [1.807, 2.05) is 0 Å². The highest BCUT2D eigenvalue weighted by Crippen LogP contribution is 2.32. The molecule has 110 valence electrons. The lowest BCUT2D eigenvalue weighted by molar-refractivity contribution is -0.384. The molecule has 0 saturated carbocycles. The van der Waals surface area contributed by atoms with E-state index < -0.39 is 4.92 Å². The van der Waals surface area contributed by atoms with E-state index in [4.69, 9.17) is 21.1 Å². The predicted octanol–water partition coefficient (Wildman–Crippen LogP) is 3.39. The maximum atomic E-state index is 10.8. The molecule has 0 radical (unpaired) electrons. The van der Waals surface area contributed by atoms with E-state index >= 15 is 0 Å². The predicted molar refractivity (Wildman–Crippen MR) is 76.9 cm³/mol. The number of nitro benzene ring substituents is 1. The Hall–Kier alpha value is -2.00. The molecule has 8 nitrogen and oxygen atoms in total. The van der Waals surface area contributed by atoms with Crippen molar-refractivity contribution in [3.8, 4) is 17.8 Å². The van der Waals surface area contributed by atoms with Gasteiger partial charge in [0.2, 0.25) is 5.28 Å². The van der Waals surface area contributed by atoms with Crippen molar-refractivity contribution in [2.24, 2.45) is 0 Å². The molecular weight excluding hydrogens is 368 g/mol. The number of non-ortho nitro benzene ring substituents is 1. The van der Waals surface area contributed by atoms with Gasteiger partial charge in [0.15, 0.2) is 5.75 Å². The first-order valence-electron chi connectivity index (χ1n) is 5.65. The molecule has 0 N–H and O–H groups in total. The fourth-order valence-corrected chi connectivity index (χ4v) is 1.81. The van der Waals surface area contributed by atoms with Crippen molar-refractivity contribution in [2.45, 2.75) is 6.92 Å². The summed E-state index contributed by atoms with van der Waals surface area (Å²) in [5.74, 6) is 0.175. The highest BCUT2D eigenvalue weighted by molar-refractivity contribution is 9.10. The van der Waals surface area contributed by atoms with Crippen molar-refractivity contribution < 1.29 is 14.4 Å². The number of halogens is 2. The van der Waals surface area contributed by atoms with Gasteiger partial charge in [-0.1, -0.05) is 0 Å². The van der Waals surface area contributed by atoms with Gasteiger partial charge in [-0.05, 0) is 40.5 Å². The van der Waals surface area contributed by atoms with E-state index in [0.717, 1.165) is 0 Å². The summed E-state index contributed by atoms with van der Waals surface area (Å²) in [5.41, 5.74) is -0.126. The van der Waals surface area contributed by atoms with Crippen LogP contribution >= 0.6 is 27.5 Å². The molecule has 0 atom stereocenters.